The minimum absolute atomic E-state index is 1.18. The van der Waals surface area contributed by atoms with Crippen LogP contribution >= 0.6 is 103 Å². The van der Waals surface area contributed by atoms with E-state index in [-0.39, 0.29) is 0 Å². The van der Waals surface area contributed by atoms with Crippen molar-refractivity contribution in [3.8, 4) is 48.8 Å². The second kappa shape index (κ2) is 17.1. The first-order valence-electron chi connectivity index (χ1n) is 15.7. The number of thiophene rings is 6. The zero-order chi connectivity index (χ0) is 31.0. The van der Waals surface area contributed by atoms with Crippen LogP contribution in [0.4, 0.5) is 0 Å². The highest BCUT2D eigenvalue weighted by molar-refractivity contribution is 8.00. The van der Waals surface area contributed by atoms with E-state index in [0.29, 0.717) is 0 Å². The van der Waals surface area contributed by atoms with Crippen LogP contribution in [0, 0.1) is 0 Å². The van der Waals surface area contributed by atoms with E-state index in [1.807, 2.05) is 103 Å². The summed E-state index contributed by atoms with van der Waals surface area (Å²) in [6.07, 6.45) is 7.55. The molecule has 0 aliphatic heterocycles. The highest BCUT2D eigenvalue weighted by Crippen LogP contribution is 2.50. The zero-order valence-corrected chi connectivity index (χ0v) is 33.2. The molecule has 0 aromatic carbocycles. The Labute approximate surface area is 305 Å². The molecule has 9 heteroatoms. The van der Waals surface area contributed by atoms with Gasteiger partial charge in [-0.15, -0.1) is 103 Å². The monoisotopic (exact) mass is 758 g/mol. The van der Waals surface area contributed by atoms with Gasteiger partial charge >= 0.3 is 0 Å². The Morgan fingerprint density at radius 3 is 1.29 bits per heavy atom. The molecule has 45 heavy (non-hydrogen) atoms. The van der Waals surface area contributed by atoms with Gasteiger partial charge in [0.25, 0.3) is 0 Å². The first kappa shape index (κ1) is 34.1. The van der Waals surface area contributed by atoms with Gasteiger partial charge in [0.2, 0.25) is 0 Å². The molecule has 0 fully saturated rings. The summed E-state index contributed by atoms with van der Waals surface area (Å²) in [4.78, 5) is 18.4. The van der Waals surface area contributed by atoms with Crippen LogP contribution in [-0.2, 0) is 0 Å². The summed E-state index contributed by atoms with van der Waals surface area (Å²) in [6.45, 7) is 6.83. The molecule has 236 valence electrons. The normalized spacial score (nSPS) is 11.6. The summed E-state index contributed by atoms with van der Waals surface area (Å²) < 4.78 is 0. The van der Waals surface area contributed by atoms with Gasteiger partial charge in [-0.1, -0.05) is 40.0 Å². The fourth-order valence-electron chi connectivity index (χ4n) is 4.71. The van der Waals surface area contributed by atoms with E-state index in [9.17, 15) is 0 Å². The highest BCUT2D eigenvalue weighted by Gasteiger charge is 2.19. The molecular weight excluding hydrogens is 721 g/mol. The average molecular weight is 759 g/mol. The molecule has 0 nitrogen and oxygen atoms in total. The number of unbranched alkanes of at least 4 members (excludes halogenated alkanes) is 3. The highest BCUT2D eigenvalue weighted by atomic mass is 32.2. The van der Waals surface area contributed by atoms with Crippen LogP contribution in [0.25, 0.3) is 48.8 Å². The van der Waals surface area contributed by atoms with Crippen molar-refractivity contribution in [1.29, 1.82) is 0 Å². The van der Waals surface area contributed by atoms with Crippen molar-refractivity contribution in [2.45, 2.75) is 74.0 Å². The van der Waals surface area contributed by atoms with Gasteiger partial charge in [-0.3, -0.25) is 0 Å². The first-order chi connectivity index (χ1) is 22.2. The maximum atomic E-state index is 2.47. The van der Waals surface area contributed by atoms with Gasteiger partial charge < -0.3 is 0 Å². The molecule has 0 aliphatic rings. The van der Waals surface area contributed by atoms with Crippen LogP contribution in [0.5, 0.6) is 0 Å². The average Bonchev–Trinajstić information content (AvgIpc) is 3.88. The molecule has 0 unspecified atom stereocenters. The third-order valence-electron chi connectivity index (χ3n) is 7.20. The fourth-order valence-corrected chi connectivity index (χ4v) is 15.5. The predicted octanol–water partition coefficient (Wildman–Crippen LogP) is 16.1. The number of thioether (sulfide) groups is 3. The summed E-state index contributed by atoms with van der Waals surface area (Å²) in [5.74, 6) is 3.58. The van der Waals surface area contributed by atoms with Crippen molar-refractivity contribution >= 4 is 103 Å². The van der Waals surface area contributed by atoms with E-state index in [2.05, 4.69) is 86.1 Å². The summed E-state index contributed by atoms with van der Waals surface area (Å²) in [6, 6.07) is 21.2. The molecule has 0 saturated carbocycles. The Hall–Kier alpha value is -0.750. The van der Waals surface area contributed by atoms with Crippen molar-refractivity contribution in [2.24, 2.45) is 0 Å². The third kappa shape index (κ3) is 8.46. The molecule has 0 amide bonds. The Balaban J connectivity index is 1.24. The fraction of sp³-hybridized carbons (Fsp3) is 0.333. The van der Waals surface area contributed by atoms with Gasteiger partial charge in [0.15, 0.2) is 0 Å². The van der Waals surface area contributed by atoms with Gasteiger partial charge in [-0.05, 0) is 102 Å². The smallest absolute Gasteiger partial charge is 0.0585 e. The molecule has 0 atom stereocenters. The van der Waals surface area contributed by atoms with Crippen LogP contribution in [0.3, 0.4) is 0 Å². The lowest BCUT2D eigenvalue weighted by molar-refractivity contribution is 0.896. The van der Waals surface area contributed by atoms with Crippen molar-refractivity contribution in [1.82, 2.24) is 0 Å². The van der Waals surface area contributed by atoms with Crippen LogP contribution in [0.2, 0.25) is 0 Å². The van der Waals surface area contributed by atoms with Crippen LogP contribution in [0.1, 0.15) is 59.3 Å². The topological polar surface area (TPSA) is 0 Å². The summed E-state index contributed by atoms with van der Waals surface area (Å²) in [7, 11) is 0. The molecule has 6 aromatic rings. The van der Waals surface area contributed by atoms with E-state index in [1.165, 1.54) is 119 Å². The van der Waals surface area contributed by atoms with E-state index < -0.39 is 0 Å². The number of rotatable bonds is 17. The number of hydrogen-bond donors (Lipinski definition) is 0. The van der Waals surface area contributed by atoms with Crippen LogP contribution in [-0.4, -0.2) is 17.3 Å². The lowest BCUT2D eigenvalue weighted by atomic mass is 10.3. The van der Waals surface area contributed by atoms with Crippen LogP contribution < -0.4 is 0 Å². The largest absolute Gasteiger partial charge is 0.142 e. The van der Waals surface area contributed by atoms with E-state index in [0.717, 1.165) is 0 Å². The van der Waals surface area contributed by atoms with Gasteiger partial charge in [0.05, 0.1) is 14.6 Å². The Morgan fingerprint density at radius 1 is 0.422 bits per heavy atom. The van der Waals surface area contributed by atoms with Gasteiger partial charge in [-0.25, -0.2) is 0 Å². The van der Waals surface area contributed by atoms with E-state index in [4.69, 9.17) is 0 Å². The lowest BCUT2D eigenvalue weighted by Gasteiger charge is -2.01. The van der Waals surface area contributed by atoms with Gasteiger partial charge in [0.1, 0.15) is 0 Å². The number of hydrogen-bond acceptors (Lipinski definition) is 9. The molecule has 0 radical (unpaired) electrons. The van der Waals surface area contributed by atoms with Crippen molar-refractivity contribution in [3.63, 3.8) is 0 Å². The second-order valence-corrected chi connectivity index (χ2v) is 20.2. The maximum Gasteiger partial charge on any atom is 0.0585 e. The third-order valence-corrected chi connectivity index (χ3v) is 18.2. The second-order valence-electron chi connectivity index (χ2n) is 10.6. The van der Waals surface area contributed by atoms with Crippen molar-refractivity contribution < 1.29 is 0 Å². The Kier molecular flexibility index (Phi) is 12.9. The lowest BCUT2D eigenvalue weighted by Crippen LogP contribution is -1.77. The van der Waals surface area contributed by atoms with Crippen molar-refractivity contribution in [2.75, 3.05) is 17.3 Å². The Morgan fingerprint density at radius 2 is 0.822 bits per heavy atom. The molecule has 6 aromatic heterocycles. The molecular formula is C36H38S9. The molecule has 6 rings (SSSR count). The van der Waals surface area contributed by atoms with Crippen LogP contribution in [0.15, 0.2) is 80.0 Å². The molecule has 0 spiro atoms. The standard InChI is InChI=1S/C36H38S9/c1-4-7-18-37-27-16-21-40-34(27)29-13-10-24(42-29)25-11-15-31(43-25)36-33(39-20-9-6-3)23-32(45-36)26-12-14-30(44-26)35-28(17-22-41-35)38-19-8-5-2/h10-17,21-23H,4-9,18-20H2,1-3H3. The molecule has 0 N–H and O–H groups in total. The first-order valence-corrected chi connectivity index (χ1v) is 23.6. The van der Waals surface area contributed by atoms with Crippen molar-refractivity contribution in [3.05, 3.63) is 65.4 Å². The molecule has 0 bridgehead atoms. The quantitative estimate of drug-likeness (QED) is 0.0671. The summed E-state index contributed by atoms with van der Waals surface area (Å²) in [5, 5.41) is 4.51. The predicted molar refractivity (Wildman–Crippen MR) is 218 cm³/mol. The minimum atomic E-state index is 1.18. The SMILES string of the molecule is CCCCSc1ccsc1-c1ccc(-c2ccc(-c3sc(-c4ccc(-c5sccc5SCCCC)s4)cc3SCCCC)s2)s1. The molecule has 6 heterocycles. The molecule has 0 saturated heterocycles. The van der Waals surface area contributed by atoms with E-state index in [1.54, 1.807) is 0 Å². The Bertz CT molecular complexity index is 1770. The molecule has 0 aliphatic carbocycles. The van der Waals surface area contributed by atoms with E-state index >= 15 is 0 Å². The van der Waals surface area contributed by atoms with Gasteiger partial charge in [-0.2, -0.15) is 0 Å². The van der Waals surface area contributed by atoms with Gasteiger partial charge in [0, 0.05) is 48.8 Å². The zero-order valence-electron chi connectivity index (χ0n) is 25.9. The maximum absolute atomic E-state index is 2.47. The summed E-state index contributed by atoms with van der Waals surface area (Å²) in [5.41, 5.74) is 0. The summed E-state index contributed by atoms with van der Waals surface area (Å²) >= 11 is 17.7. The minimum Gasteiger partial charge on any atom is -0.142 e.